The van der Waals surface area contributed by atoms with Crippen LogP contribution in [0.1, 0.15) is 55.9 Å². The molecule has 0 saturated carbocycles. The van der Waals surface area contributed by atoms with Crippen molar-refractivity contribution < 1.29 is 0 Å². The van der Waals surface area contributed by atoms with Crippen LogP contribution in [0.4, 0.5) is 11.4 Å². The summed E-state index contributed by atoms with van der Waals surface area (Å²) >= 11 is 0. The molecule has 1 atom stereocenters. The van der Waals surface area contributed by atoms with Gasteiger partial charge in [0.05, 0.1) is 5.69 Å². The van der Waals surface area contributed by atoms with Crippen molar-refractivity contribution in [2.45, 2.75) is 40.5 Å². The molecule has 3 heteroatoms. The molecule has 1 unspecified atom stereocenters. The van der Waals surface area contributed by atoms with E-state index in [0.29, 0.717) is 0 Å². The fourth-order valence-corrected chi connectivity index (χ4v) is 6.40. The van der Waals surface area contributed by atoms with Gasteiger partial charge in [-0.05, 0) is 92.8 Å². The Morgan fingerprint density at radius 2 is 1.23 bits per heavy atom. The molecule has 5 rings (SSSR count). The molecule has 0 aliphatic rings. The van der Waals surface area contributed by atoms with Crippen LogP contribution in [0.15, 0.2) is 97.1 Å². The Bertz CT molecular complexity index is 1560. The number of hydrogen-bond donors (Lipinski definition) is 0. The Kier molecular flexibility index (Phi) is 8.30. The Morgan fingerprint density at radius 1 is 0.650 bits per heavy atom. The minimum Gasteiger partial charge on any atom is -0.372 e. The minimum atomic E-state index is 0.0952. The molecule has 1 aromatic heterocycles. The smallest absolute Gasteiger partial charge is 0.0530 e. The van der Waals surface area contributed by atoms with E-state index in [0.717, 1.165) is 26.2 Å². The van der Waals surface area contributed by atoms with E-state index in [9.17, 15) is 0 Å². The van der Waals surface area contributed by atoms with Gasteiger partial charge in [0.25, 0.3) is 0 Å². The lowest BCUT2D eigenvalue weighted by molar-refractivity contribution is 0.861. The normalized spacial score (nSPS) is 12.1. The molecule has 40 heavy (non-hydrogen) atoms. The third kappa shape index (κ3) is 5.01. The summed E-state index contributed by atoms with van der Waals surface area (Å²) < 4.78 is 2.39. The highest BCUT2D eigenvalue weighted by Crippen LogP contribution is 2.45. The summed E-state index contributed by atoms with van der Waals surface area (Å²) in [4.78, 5) is 4.84. The second kappa shape index (κ2) is 12.0. The van der Waals surface area contributed by atoms with Crippen molar-refractivity contribution in [2.24, 2.45) is 7.05 Å². The number of rotatable bonds is 10. The van der Waals surface area contributed by atoms with Crippen molar-refractivity contribution in [1.82, 2.24) is 4.57 Å². The second-order valence-corrected chi connectivity index (χ2v) is 10.6. The zero-order valence-electron chi connectivity index (χ0n) is 25.0. The van der Waals surface area contributed by atoms with Crippen molar-refractivity contribution in [3.05, 3.63) is 119 Å². The molecule has 0 aliphatic carbocycles. The van der Waals surface area contributed by atoms with E-state index in [2.05, 4.69) is 153 Å². The molecule has 0 bridgehead atoms. The zero-order valence-corrected chi connectivity index (χ0v) is 25.0. The van der Waals surface area contributed by atoms with Crippen LogP contribution in [0.25, 0.3) is 22.2 Å². The Labute approximate surface area is 240 Å². The zero-order chi connectivity index (χ0) is 28.2. The van der Waals surface area contributed by atoms with E-state index >= 15 is 0 Å². The predicted octanol–water partition coefficient (Wildman–Crippen LogP) is 9.03. The fourth-order valence-electron chi connectivity index (χ4n) is 6.40. The molecular weight excluding hydrogens is 486 g/mol. The molecule has 0 spiro atoms. The molecule has 0 amide bonds. The van der Waals surface area contributed by atoms with Crippen molar-refractivity contribution >= 4 is 22.3 Å². The molecule has 3 nitrogen and oxygen atoms in total. The summed E-state index contributed by atoms with van der Waals surface area (Å²) in [6, 6.07) is 36.2. The molecule has 0 fully saturated rings. The van der Waals surface area contributed by atoms with E-state index < -0.39 is 0 Å². The van der Waals surface area contributed by atoms with Gasteiger partial charge in [-0.1, -0.05) is 66.7 Å². The largest absolute Gasteiger partial charge is 0.372 e. The molecule has 0 radical (unpaired) electrons. The first-order valence-electron chi connectivity index (χ1n) is 14.8. The Balaban J connectivity index is 1.79. The van der Waals surface area contributed by atoms with Crippen molar-refractivity contribution in [3.8, 4) is 11.3 Å². The van der Waals surface area contributed by atoms with Gasteiger partial charge in [0.15, 0.2) is 0 Å². The summed E-state index contributed by atoms with van der Waals surface area (Å²) in [5.74, 6) is 0.0952. The molecule has 5 aromatic rings. The van der Waals surface area contributed by atoms with Gasteiger partial charge in [-0.15, -0.1) is 0 Å². The lowest BCUT2D eigenvalue weighted by atomic mass is 9.80. The average molecular weight is 530 g/mol. The average Bonchev–Trinajstić information content (AvgIpc) is 3.28. The van der Waals surface area contributed by atoms with Crippen molar-refractivity contribution in [1.29, 1.82) is 0 Å². The molecule has 1 heterocycles. The molecule has 4 aromatic carbocycles. The third-order valence-electron chi connectivity index (χ3n) is 8.53. The van der Waals surface area contributed by atoms with E-state index in [1.807, 2.05) is 0 Å². The number of para-hydroxylation sites is 1. The number of hydrogen-bond acceptors (Lipinski definition) is 2. The van der Waals surface area contributed by atoms with Crippen LogP contribution in [0, 0.1) is 6.92 Å². The summed E-state index contributed by atoms with van der Waals surface area (Å²) in [5.41, 5.74) is 11.8. The minimum absolute atomic E-state index is 0.0952. The van der Waals surface area contributed by atoms with E-state index in [-0.39, 0.29) is 5.92 Å². The van der Waals surface area contributed by atoms with Gasteiger partial charge in [-0.25, -0.2) is 0 Å². The number of nitrogens with zero attached hydrogens (tertiary/aromatic N) is 3. The first kappa shape index (κ1) is 27.6. The Morgan fingerprint density at radius 3 is 1.85 bits per heavy atom. The lowest BCUT2D eigenvalue weighted by Crippen LogP contribution is -2.22. The molecule has 0 saturated heterocycles. The first-order chi connectivity index (χ1) is 19.5. The lowest BCUT2D eigenvalue weighted by Gasteiger charge is -2.27. The van der Waals surface area contributed by atoms with Crippen LogP contribution < -0.4 is 9.80 Å². The van der Waals surface area contributed by atoms with Crippen molar-refractivity contribution in [2.75, 3.05) is 36.0 Å². The van der Waals surface area contributed by atoms with Crippen LogP contribution in [0.2, 0.25) is 0 Å². The fraction of sp³-hybridized carbons (Fsp3) is 0.297. The van der Waals surface area contributed by atoms with Crippen LogP contribution in [0.5, 0.6) is 0 Å². The summed E-state index contributed by atoms with van der Waals surface area (Å²) in [7, 11) is 2.21. The summed E-state index contributed by atoms with van der Waals surface area (Å²) in [5, 5.41) is 1.31. The molecule has 206 valence electrons. The van der Waals surface area contributed by atoms with Crippen LogP contribution in [-0.4, -0.2) is 30.7 Å². The van der Waals surface area contributed by atoms with E-state index in [4.69, 9.17) is 0 Å². The predicted molar refractivity (Wildman–Crippen MR) is 174 cm³/mol. The maximum absolute atomic E-state index is 2.43. The number of anilines is 2. The topological polar surface area (TPSA) is 11.4 Å². The number of aryl methyl sites for hydroxylation is 2. The number of benzene rings is 4. The monoisotopic (exact) mass is 529 g/mol. The second-order valence-electron chi connectivity index (χ2n) is 10.6. The van der Waals surface area contributed by atoms with E-state index in [1.165, 1.54) is 55.8 Å². The maximum Gasteiger partial charge on any atom is 0.0530 e. The van der Waals surface area contributed by atoms with Gasteiger partial charge in [-0.2, -0.15) is 0 Å². The molecule has 0 N–H and O–H groups in total. The maximum atomic E-state index is 2.43. The van der Waals surface area contributed by atoms with Crippen molar-refractivity contribution in [3.63, 3.8) is 0 Å². The van der Waals surface area contributed by atoms with Gasteiger partial charge in [0.1, 0.15) is 0 Å². The van der Waals surface area contributed by atoms with Crippen LogP contribution in [0.3, 0.4) is 0 Å². The molecular formula is C37H43N3. The van der Waals surface area contributed by atoms with Crippen LogP contribution in [-0.2, 0) is 7.05 Å². The SMILES string of the molecule is CCN(CC)c1ccc(C(c2ccc(N(CC)CC)cc2C)c2c(-c3ccccc3)n(C)c3ccccc23)cc1. The highest BCUT2D eigenvalue weighted by molar-refractivity contribution is 5.93. The Hall–Kier alpha value is -3.98. The van der Waals surface area contributed by atoms with Crippen LogP contribution >= 0.6 is 0 Å². The van der Waals surface area contributed by atoms with E-state index in [1.54, 1.807) is 0 Å². The van der Waals surface area contributed by atoms with Gasteiger partial charge in [0, 0.05) is 61.4 Å². The first-order valence-corrected chi connectivity index (χ1v) is 14.8. The van der Waals surface area contributed by atoms with Gasteiger partial charge in [0.2, 0.25) is 0 Å². The number of fused-ring (bicyclic) bond motifs is 1. The third-order valence-corrected chi connectivity index (χ3v) is 8.53. The molecule has 0 aliphatic heterocycles. The van der Waals surface area contributed by atoms with Gasteiger partial charge < -0.3 is 14.4 Å². The van der Waals surface area contributed by atoms with Gasteiger partial charge >= 0.3 is 0 Å². The highest BCUT2D eigenvalue weighted by atomic mass is 15.1. The van der Waals surface area contributed by atoms with Gasteiger partial charge in [-0.3, -0.25) is 0 Å². The highest BCUT2D eigenvalue weighted by Gasteiger charge is 2.28. The summed E-state index contributed by atoms with van der Waals surface area (Å²) in [6.45, 7) is 15.2. The standard InChI is InChI=1S/C37H43N3/c1-7-39(8-2)30-22-20-28(21-23-30)35(32-25-24-31(26-27(32)5)40(9-3)10-4)36-33-18-14-15-19-34(33)38(6)37(36)29-16-12-11-13-17-29/h11-26,35H,7-10H2,1-6H3. The number of aromatic nitrogens is 1. The summed E-state index contributed by atoms with van der Waals surface area (Å²) in [6.07, 6.45) is 0. The quantitative estimate of drug-likeness (QED) is 0.179.